The van der Waals surface area contributed by atoms with Gasteiger partial charge in [0, 0.05) is 0 Å². The fraction of sp³-hybridized carbons (Fsp3) is 0.125. The van der Waals surface area contributed by atoms with E-state index in [1.165, 1.54) is 0 Å². The average molecular weight is 151 g/mol. The van der Waals surface area contributed by atoms with Gasteiger partial charge in [-0.2, -0.15) is 0 Å². The molecule has 0 atom stereocenters. The van der Waals surface area contributed by atoms with E-state index in [2.05, 4.69) is 18.1 Å². The lowest BCUT2D eigenvalue weighted by Crippen LogP contribution is -2.17. The molecule has 0 N–H and O–H groups in total. The van der Waals surface area contributed by atoms with E-state index in [0.29, 0.717) is 0 Å². The number of rotatable bonds is 1. The first-order valence-corrected chi connectivity index (χ1v) is 3.81. The van der Waals surface area contributed by atoms with Crippen molar-refractivity contribution in [3.8, 4) is 0 Å². The number of aromatic nitrogens is 1. The topological polar surface area (TPSA) is 12.9 Å². The van der Waals surface area contributed by atoms with Crippen LogP contribution in [0.3, 0.4) is 0 Å². The Labute approximate surface area is 64.0 Å². The number of hydrogen-bond acceptors (Lipinski definition) is 2. The Kier molecular flexibility index (Phi) is 2.02. The number of nitrogens with zero attached hydrogens (tertiary/aromatic N) is 1. The van der Waals surface area contributed by atoms with Crippen molar-refractivity contribution >= 4 is 24.0 Å². The third-order valence-corrected chi connectivity index (χ3v) is 2.08. The fourth-order valence-electron chi connectivity index (χ4n) is 0.723. The van der Waals surface area contributed by atoms with Crippen molar-refractivity contribution in [2.75, 3.05) is 0 Å². The van der Waals surface area contributed by atoms with Crippen LogP contribution < -0.4 is 9.88 Å². The maximum absolute atomic E-state index is 4.16. The molecule has 0 aromatic carbocycles. The Balaban J connectivity index is 3.42. The predicted octanol–water partition coefficient (Wildman–Crippen LogP) is 0.828. The molecule has 0 aliphatic rings. The van der Waals surface area contributed by atoms with Gasteiger partial charge in [-0.1, -0.05) is 19.2 Å². The molecule has 0 aliphatic heterocycles. The summed E-state index contributed by atoms with van der Waals surface area (Å²) in [6, 6.07) is 0. The second-order valence-corrected chi connectivity index (χ2v) is 3.18. The maximum Gasteiger partial charge on any atom is 0.0907 e. The van der Waals surface area contributed by atoms with Crippen molar-refractivity contribution in [3.63, 3.8) is 0 Å². The molecule has 1 heterocycles. The van der Waals surface area contributed by atoms with Crippen molar-refractivity contribution in [1.29, 1.82) is 0 Å². The first kappa shape index (κ1) is 7.22. The monoisotopic (exact) mass is 151 g/mol. The van der Waals surface area contributed by atoms with Crippen LogP contribution in [0.1, 0.15) is 5.01 Å². The summed E-state index contributed by atoms with van der Waals surface area (Å²) in [5, 5.41) is 1.90. The van der Waals surface area contributed by atoms with Crippen LogP contribution in [0.25, 0.3) is 12.7 Å². The molecule has 0 saturated heterocycles. The smallest absolute Gasteiger partial charge is 0.0907 e. The third kappa shape index (κ3) is 1.33. The molecular weight excluding hydrogens is 142 g/mol. The van der Waals surface area contributed by atoms with E-state index in [0.717, 1.165) is 14.9 Å². The maximum atomic E-state index is 4.16. The molecule has 0 fully saturated rings. The van der Waals surface area contributed by atoms with Crippen LogP contribution in [0, 0.1) is 6.92 Å². The molecule has 0 bridgehead atoms. The second-order valence-electron chi connectivity index (χ2n) is 1.95. The zero-order valence-corrected chi connectivity index (χ0v) is 6.74. The summed E-state index contributed by atoms with van der Waals surface area (Å²) in [6.07, 6.45) is 3.68. The molecule has 1 aromatic heterocycles. The lowest BCUT2D eigenvalue weighted by atomic mass is 10.5. The molecule has 1 aromatic rings. The van der Waals surface area contributed by atoms with E-state index >= 15 is 0 Å². The first-order valence-electron chi connectivity index (χ1n) is 2.99. The minimum absolute atomic E-state index is 0.849. The SMILES string of the molecule is C=C/C=c1/sc(C)nc1=C. The zero-order chi connectivity index (χ0) is 7.56. The molecule has 1 rings (SSSR count). The van der Waals surface area contributed by atoms with Gasteiger partial charge >= 0.3 is 0 Å². The Morgan fingerprint density at radius 3 is 2.70 bits per heavy atom. The minimum Gasteiger partial charge on any atom is -0.242 e. The molecule has 2 heteroatoms. The molecular formula is C8H9NS. The molecule has 0 spiro atoms. The van der Waals surface area contributed by atoms with Crippen molar-refractivity contribution in [2.24, 2.45) is 0 Å². The summed E-state index contributed by atoms with van der Waals surface area (Å²) in [6.45, 7) is 9.35. The van der Waals surface area contributed by atoms with Crippen LogP contribution in [0.2, 0.25) is 0 Å². The van der Waals surface area contributed by atoms with Crippen LogP contribution in [0.15, 0.2) is 12.7 Å². The van der Waals surface area contributed by atoms with Gasteiger partial charge in [-0.3, -0.25) is 0 Å². The van der Waals surface area contributed by atoms with Gasteiger partial charge in [0.05, 0.1) is 14.9 Å². The van der Waals surface area contributed by atoms with Gasteiger partial charge in [-0.25, -0.2) is 4.98 Å². The molecule has 10 heavy (non-hydrogen) atoms. The van der Waals surface area contributed by atoms with E-state index < -0.39 is 0 Å². The number of aryl methyl sites for hydroxylation is 1. The summed E-state index contributed by atoms with van der Waals surface area (Å²) < 4.78 is 1.10. The summed E-state index contributed by atoms with van der Waals surface area (Å²) in [5.41, 5.74) is 0. The van der Waals surface area contributed by atoms with E-state index in [9.17, 15) is 0 Å². The molecule has 0 aliphatic carbocycles. The molecule has 52 valence electrons. The Morgan fingerprint density at radius 1 is 1.60 bits per heavy atom. The number of allylic oxidation sites excluding steroid dienone is 1. The summed E-state index contributed by atoms with van der Waals surface area (Å²) >= 11 is 1.64. The van der Waals surface area contributed by atoms with Gasteiger partial charge in [0.2, 0.25) is 0 Å². The highest BCUT2D eigenvalue weighted by atomic mass is 32.1. The predicted molar refractivity (Wildman–Crippen MR) is 46.3 cm³/mol. The fourth-order valence-corrected chi connectivity index (χ4v) is 1.53. The Hall–Kier alpha value is -0.890. The van der Waals surface area contributed by atoms with Gasteiger partial charge in [-0.05, 0) is 13.0 Å². The van der Waals surface area contributed by atoms with Gasteiger partial charge in [0.1, 0.15) is 0 Å². The lowest BCUT2D eigenvalue weighted by Gasteiger charge is -1.67. The summed E-state index contributed by atoms with van der Waals surface area (Å²) in [4.78, 5) is 4.16. The van der Waals surface area contributed by atoms with E-state index in [1.807, 2.05) is 13.0 Å². The molecule has 0 radical (unpaired) electrons. The van der Waals surface area contributed by atoms with Crippen LogP contribution in [-0.2, 0) is 0 Å². The number of hydrogen-bond donors (Lipinski definition) is 0. The molecule has 1 nitrogen and oxygen atoms in total. The standard InChI is InChI=1S/C8H9NS/c1-4-5-8-6(2)9-7(3)10-8/h4-5H,1-2H2,3H3/b8-5+. The minimum atomic E-state index is 0.849. The van der Waals surface area contributed by atoms with Gasteiger partial charge in [0.15, 0.2) is 0 Å². The lowest BCUT2D eigenvalue weighted by molar-refractivity contribution is 1.24. The van der Waals surface area contributed by atoms with Crippen LogP contribution >= 0.6 is 11.3 Å². The third-order valence-electron chi connectivity index (χ3n) is 1.10. The van der Waals surface area contributed by atoms with Gasteiger partial charge < -0.3 is 0 Å². The van der Waals surface area contributed by atoms with Crippen molar-refractivity contribution in [1.82, 2.24) is 4.98 Å². The van der Waals surface area contributed by atoms with Gasteiger partial charge in [-0.15, -0.1) is 11.3 Å². The summed E-state index contributed by atoms with van der Waals surface area (Å²) in [5.74, 6) is 0. The second kappa shape index (κ2) is 2.80. The quantitative estimate of drug-likeness (QED) is 0.579. The van der Waals surface area contributed by atoms with Gasteiger partial charge in [0.25, 0.3) is 0 Å². The first-order chi connectivity index (χ1) is 4.74. The zero-order valence-electron chi connectivity index (χ0n) is 5.92. The Morgan fingerprint density at radius 2 is 2.30 bits per heavy atom. The van der Waals surface area contributed by atoms with Crippen molar-refractivity contribution in [3.05, 3.63) is 27.5 Å². The molecule has 0 unspecified atom stereocenters. The highest BCUT2D eigenvalue weighted by Gasteiger charge is 1.88. The van der Waals surface area contributed by atoms with Crippen LogP contribution in [-0.4, -0.2) is 4.98 Å². The largest absolute Gasteiger partial charge is 0.242 e. The number of thiazole rings is 1. The van der Waals surface area contributed by atoms with E-state index in [4.69, 9.17) is 0 Å². The Bertz CT molecular complexity index is 335. The van der Waals surface area contributed by atoms with Crippen LogP contribution in [0.4, 0.5) is 0 Å². The van der Waals surface area contributed by atoms with Crippen molar-refractivity contribution < 1.29 is 0 Å². The average Bonchev–Trinajstić information content (AvgIpc) is 2.13. The highest BCUT2D eigenvalue weighted by Crippen LogP contribution is 1.89. The highest BCUT2D eigenvalue weighted by molar-refractivity contribution is 7.09. The normalized spacial score (nSPS) is 11.9. The van der Waals surface area contributed by atoms with E-state index in [-0.39, 0.29) is 0 Å². The summed E-state index contributed by atoms with van der Waals surface area (Å²) in [7, 11) is 0. The molecule has 0 amide bonds. The van der Waals surface area contributed by atoms with Crippen molar-refractivity contribution in [2.45, 2.75) is 6.92 Å². The van der Waals surface area contributed by atoms with E-state index in [1.54, 1.807) is 17.4 Å². The van der Waals surface area contributed by atoms with Crippen LogP contribution in [0.5, 0.6) is 0 Å². The molecule has 0 saturated carbocycles.